The average molecular weight is 218 g/mol. The van der Waals surface area contributed by atoms with Gasteiger partial charge in [-0.1, -0.05) is 0 Å². The standard InChI is InChI=1S/C5H11N3O2.C4H11N/c9-5(10)8-4-3-6-1-2-7-4;1-4(2,3)5/h4,6-8H,1-3H2,(H,9,10);5H2,1-3H3/t4-;/m1./s1. The summed E-state index contributed by atoms with van der Waals surface area (Å²) in [6, 6.07) is 0. The smallest absolute Gasteiger partial charge is 0.405 e. The van der Waals surface area contributed by atoms with Gasteiger partial charge in [-0.2, -0.15) is 0 Å². The number of carbonyl (C=O) groups is 1. The summed E-state index contributed by atoms with van der Waals surface area (Å²) in [4.78, 5) is 10.1. The highest BCUT2D eigenvalue weighted by molar-refractivity contribution is 5.64. The van der Waals surface area contributed by atoms with E-state index in [0.29, 0.717) is 6.54 Å². The van der Waals surface area contributed by atoms with Gasteiger partial charge in [-0.25, -0.2) is 4.79 Å². The molecule has 0 saturated carbocycles. The van der Waals surface area contributed by atoms with Crippen LogP contribution >= 0.6 is 0 Å². The Morgan fingerprint density at radius 2 is 2.00 bits per heavy atom. The molecule has 0 aromatic heterocycles. The molecule has 90 valence electrons. The second-order valence-corrected chi connectivity index (χ2v) is 4.53. The molecule has 1 heterocycles. The number of hydrogen-bond acceptors (Lipinski definition) is 4. The zero-order valence-corrected chi connectivity index (χ0v) is 9.63. The van der Waals surface area contributed by atoms with Gasteiger partial charge in [-0.3, -0.25) is 5.32 Å². The fourth-order valence-corrected chi connectivity index (χ4v) is 0.904. The van der Waals surface area contributed by atoms with Gasteiger partial charge >= 0.3 is 6.09 Å². The molecule has 0 aliphatic carbocycles. The van der Waals surface area contributed by atoms with Gasteiger partial charge in [0.25, 0.3) is 0 Å². The maximum Gasteiger partial charge on any atom is 0.405 e. The van der Waals surface area contributed by atoms with Crippen molar-refractivity contribution in [2.75, 3.05) is 19.6 Å². The molecule has 0 unspecified atom stereocenters. The van der Waals surface area contributed by atoms with Crippen molar-refractivity contribution in [1.82, 2.24) is 16.0 Å². The van der Waals surface area contributed by atoms with Crippen LogP contribution in [-0.4, -0.2) is 42.5 Å². The van der Waals surface area contributed by atoms with Crippen LogP contribution in [0.1, 0.15) is 20.8 Å². The quantitative estimate of drug-likeness (QED) is 0.409. The Hall–Kier alpha value is -0.850. The highest BCUT2D eigenvalue weighted by Crippen LogP contribution is 1.88. The van der Waals surface area contributed by atoms with E-state index in [-0.39, 0.29) is 11.7 Å². The summed E-state index contributed by atoms with van der Waals surface area (Å²) in [6.45, 7) is 8.27. The van der Waals surface area contributed by atoms with Crippen LogP contribution in [0, 0.1) is 0 Å². The van der Waals surface area contributed by atoms with Gasteiger partial charge in [0.1, 0.15) is 0 Å². The van der Waals surface area contributed by atoms with Crippen LogP contribution in [-0.2, 0) is 0 Å². The molecule has 6 nitrogen and oxygen atoms in total. The summed E-state index contributed by atoms with van der Waals surface area (Å²) < 4.78 is 0. The number of nitrogens with one attached hydrogen (secondary N) is 3. The monoisotopic (exact) mass is 218 g/mol. The number of piperazine rings is 1. The number of rotatable bonds is 1. The van der Waals surface area contributed by atoms with Crippen LogP contribution < -0.4 is 21.7 Å². The number of hydrogen-bond donors (Lipinski definition) is 5. The number of amides is 1. The van der Waals surface area contributed by atoms with Crippen molar-refractivity contribution in [2.24, 2.45) is 5.73 Å². The van der Waals surface area contributed by atoms with Gasteiger partial charge in [0.2, 0.25) is 0 Å². The van der Waals surface area contributed by atoms with E-state index in [1.165, 1.54) is 0 Å². The first-order valence-electron chi connectivity index (χ1n) is 5.01. The highest BCUT2D eigenvalue weighted by Gasteiger charge is 2.12. The summed E-state index contributed by atoms with van der Waals surface area (Å²) in [5.74, 6) is 0. The number of carboxylic acid groups (broad SMARTS) is 1. The van der Waals surface area contributed by atoms with E-state index in [4.69, 9.17) is 10.8 Å². The molecule has 1 atom stereocenters. The maximum absolute atomic E-state index is 10.1. The second kappa shape index (κ2) is 6.60. The van der Waals surface area contributed by atoms with Crippen LogP contribution in [0.15, 0.2) is 0 Å². The summed E-state index contributed by atoms with van der Waals surface area (Å²) in [6.07, 6.45) is -1.12. The molecule has 1 saturated heterocycles. The molecular weight excluding hydrogens is 196 g/mol. The largest absolute Gasteiger partial charge is 0.465 e. The first-order valence-corrected chi connectivity index (χ1v) is 5.01. The van der Waals surface area contributed by atoms with E-state index in [0.717, 1.165) is 13.1 Å². The van der Waals surface area contributed by atoms with Crippen molar-refractivity contribution < 1.29 is 9.90 Å². The molecular formula is C9H22N4O2. The van der Waals surface area contributed by atoms with Crippen LogP contribution in [0.25, 0.3) is 0 Å². The SMILES string of the molecule is CC(C)(C)N.O=C(O)N[C@@H]1CNCCN1. The topological polar surface area (TPSA) is 99.4 Å². The van der Waals surface area contributed by atoms with E-state index in [1.54, 1.807) is 0 Å². The molecule has 0 aromatic carbocycles. The third-order valence-corrected chi connectivity index (χ3v) is 1.34. The Bertz CT molecular complexity index is 179. The van der Waals surface area contributed by atoms with Crippen molar-refractivity contribution in [3.05, 3.63) is 0 Å². The molecule has 1 aliphatic heterocycles. The summed E-state index contributed by atoms with van der Waals surface area (Å²) in [7, 11) is 0. The van der Waals surface area contributed by atoms with Gasteiger partial charge in [0.15, 0.2) is 0 Å². The zero-order chi connectivity index (χ0) is 11.9. The lowest BCUT2D eigenvalue weighted by molar-refractivity contribution is 0.185. The molecule has 15 heavy (non-hydrogen) atoms. The Labute approximate surface area is 90.6 Å². The lowest BCUT2D eigenvalue weighted by Crippen LogP contribution is -2.56. The van der Waals surface area contributed by atoms with E-state index < -0.39 is 6.09 Å². The Balaban J connectivity index is 0.000000336. The predicted octanol–water partition coefficient (Wildman–Crippen LogP) is -0.483. The lowest BCUT2D eigenvalue weighted by atomic mass is 10.1. The molecule has 0 radical (unpaired) electrons. The molecule has 6 N–H and O–H groups in total. The molecule has 6 heteroatoms. The lowest BCUT2D eigenvalue weighted by Gasteiger charge is -2.23. The fourth-order valence-electron chi connectivity index (χ4n) is 0.904. The zero-order valence-electron chi connectivity index (χ0n) is 9.63. The molecule has 1 aliphatic rings. The minimum absolute atomic E-state index is 0. The van der Waals surface area contributed by atoms with E-state index >= 15 is 0 Å². The van der Waals surface area contributed by atoms with Gasteiger partial charge in [-0.15, -0.1) is 0 Å². The molecule has 1 fully saturated rings. The van der Waals surface area contributed by atoms with Gasteiger partial charge < -0.3 is 21.5 Å². The van der Waals surface area contributed by atoms with Gasteiger partial charge in [-0.05, 0) is 20.8 Å². The Morgan fingerprint density at radius 3 is 2.33 bits per heavy atom. The van der Waals surface area contributed by atoms with Crippen molar-refractivity contribution in [1.29, 1.82) is 0 Å². The normalized spacial score (nSPS) is 21.2. The van der Waals surface area contributed by atoms with Crippen LogP contribution in [0.2, 0.25) is 0 Å². The van der Waals surface area contributed by atoms with Crippen molar-refractivity contribution >= 4 is 6.09 Å². The maximum atomic E-state index is 10.1. The van der Waals surface area contributed by atoms with Crippen molar-refractivity contribution in [2.45, 2.75) is 32.5 Å². The summed E-state index contributed by atoms with van der Waals surface area (Å²) in [5, 5.41) is 16.7. The minimum Gasteiger partial charge on any atom is -0.465 e. The molecule has 0 spiro atoms. The van der Waals surface area contributed by atoms with E-state index in [1.807, 2.05) is 20.8 Å². The molecule has 0 bridgehead atoms. The molecule has 1 rings (SSSR count). The predicted molar refractivity (Wildman–Crippen MR) is 59.8 cm³/mol. The Kier molecular flexibility index (Phi) is 6.23. The van der Waals surface area contributed by atoms with Crippen LogP contribution in [0.4, 0.5) is 4.79 Å². The highest BCUT2D eigenvalue weighted by atomic mass is 16.4. The van der Waals surface area contributed by atoms with Gasteiger partial charge in [0.05, 0.1) is 6.17 Å². The summed E-state index contributed by atoms with van der Waals surface area (Å²) >= 11 is 0. The third-order valence-electron chi connectivity index (χ3n) is 1.34. The number of nitrogens with two attached hydrogens (primary N) is 1. The average Bonchev–Trinajstić information content (AvgIpc) is 2.01. The Morgan fingerprint density at radius 1 is 1.47 bits per heavy atom. The molecule has 0 aromatic rings. The van der Waals surface area contributed by atoms with Gasteiger partial charge in [0, 0.05) is 25.2 Å². The molecule has 1 amide bonds. The first kappa shape index (κ1) is 14.2. The van der Waals surface area contributed by atoms with E-state index in [2.05, 4.69) is 16.0 Å². The third kappa shape index (κ3) is 13.2. The first-order chi connectivity index (χ1) is 6.79. The fraction of sp³-hybridized carbons (Fsp3) is 0.889. The van der Waals surface area contributed by atoms with Crippen LogP contribution in [0.5, 0.6) is 0 Å². The summed E-state index contributed by atoms with van der Waals surface area (Å²) in [5.41, 5.74) is 5.35. The minimum atomic E-state index is -0.985. The van der Waals surface area contributed by atoms with Crippen LogP contribution in [0.3, 0.4) is 0 Å². The van der Waals surface area contributed by atoms with E-state index in [9.17, 15) is 4.79 Å². The second-order valence-electron chi connectivity index (χ2n) is 4.53. The van der Waals surface area contributed by atoms with Crippen molar-refractivity contribution in [3.63, 3.8) is 0 Å². The van der Waals surface area contributed by atoms with Crippen molar-refractivity contribution in [3.8, 4) is 0 Å².